The van der Waals surface area contributed by atoms with E-state index >= 15 is 0 Å². The minimum Gasteiger partial charge on any atom is -0.481 e. The fraction of sp³-hybridized carbons (Fsp3) is 0.615. The summed E-state index contributed by atoms with van der Waals surface area (Å²) in [5, 5.41) is 8.83. The smallest absolute Gasteiger partial charge is 0.306 e. The van der Waals surface area contributed by atoms with Crippen LogP contribution in [0.1, 0.15) is 19.0 Å². The molecule has 1 fully saturated rings. The number of anilines is 1. The molecule has 1 atom stereocenters. The molecule has 0 aliphatic carbocycles. The van der Waals surface area contributed by atoms with Crippen LogP contribution >= 0.6 is 0 Å². The van der Waals surface area contributed by atoms with Crippen LogP contribution in [0.2, 0.25) is 0 Å². The Bertz CT molecular complexity index is 481. The van der Waals surface area contributed by atoms with Gasteiger partial charge in [0.05, 0.1) is 25.7 Å². The zero-order chi connectivity index (χ0) is 14.5. The monoisotopic (exact) mass is 281 g/mol. The van der Waals surface area contributed by atoms with Gasteiger partial charge in [-0.2, -0.15) is 4.98 Å². The number of nitrogens with zero attached hydrogens (tertiary/aromatic N) is 3. The number of carbonyl (C=O) groups is 1. The maximum absolute atomic E-state index is 10.8. The van der Waals surface area contributed by atoms with Gasteiger partial charge in [-0.25, -0.2) is 4.98 Å². The summed E-state index contributed by atoms with van der Waals surface area (Å²) >= 11 is 0. The Balaban J connectivity index is 2.11. The van der Waals surface area contributed by atoms with Crippen LogP contribution in [0.3, 0.4) is 0 Å². The van der Waals surface area contributed by atoms with E-state index in [4.69, 9.17) is 14.6 Å². The van der Waals surface area contributed by atoms with E-state index in [0.29, 0.717) is 38.1 Å². The molecule has 0 aromatic carbocycles. The van der Waals surface area contributed by atoms with Crippen LogP contribution in [0, 0.1) is 6.92 Å². The number of aliphatic carboxylic acids is 1. The molecule has 1 saturated heterocycles. The summed E-state index contributed by atoms with van der Waals surface area (Å²) in [6.45, 7) is 5.91. The second-order valence-corrected chi connectivity index (χ2v) is 4.62. The van der Waals surface area contributed by atoms with Crippen LogP contribution in [0.15, 0.2) is 6.07 Å². The number of rotatable bonds is 5. The Hall–Kier alpha value is -1.89. The topological polar surface area (TPSA) is 84.8 Å². The number of hydrogen-bond donors (Lipinski definition) is 1. The average molecular weight is 281 g/mol. The maximum atomic E-state index is 10.8. The van der Waals surface area contributed by atoms with Crippen molar-refractivity contribution in [2.75, 3.05) is 31.2 Å². The van der Waals surface area contributed by atoms with E-state index in [1.807, 2.05) is 18.7 Å². The highest BCUT2D eigenvalue weighted by atomic mass is 16.5. The van der Waals surface area contributed by atoms with Gasteiger partial charge >= 0.3 is 5.97 Å². The van der Waals surface area contributed by atoms with Gasteiger partial charge in [0.25, 0.3) is 0 Å². The summed E-state index contributed by atoms with van der Waals surface area (Å²) in [7, 11) is 0. The van der Waals surface area contributed by atoms with Crippen LogP contribution < -0.4 is 9.64 Å². The molecule has 2 rings (SSSR count). The Morgan fingerprint density at radius 3 is 3.10 bits per heavy atom. The lowest BCUT2D eigenvalue weighted by atomic mass is 10.2. The highest BCUT2D eigenvalue weighted by Gasteiger charge is 2.24. The third-order valence-corrected chi connectivity index (χ3v) is 2.94. The normalized spacial score (nSPS) is 18.9. The molecule has 0 spiro atoms. The van der Waals surface area contributed by atoms with Crippen molar-refractivity contribution in [1.82, 2.24) is 9.97 Å². The van der Waals surface area contributed by atoms with Crippen LogP contribution in [0.5, 0.6) is 5.88 Å². The van der Waals surface area contributed by atoms with Gasteiger partial charge in [0.1, 0.15) is 0 Å². The lowest BCUT2D eigenvalue weighted by Crippen LogP contribution is -2.44. The Morgan fingerprint density at radius 2 is 2.40 bits per heavy atom. The predicted molar refractivity (Wildman–Crippen MR) is 72.1 cm³/mol. The van der Waals surface area contributed by atoms with Crippen LogP contribution in [-0.2, 0) is 9.53 Å². The fourth-order valence-corrected chi connectivity index (χ4v) is 2.11. The molecule has 1 aromatic heterocycles. The SMILES string of the molecule is CCOc1cc(C)nc(N2CCOC(CC(=O)O)C2)n1. The number of aryl methyl sites for hydroxylation is 1. The van der Waals surface area contributed by atoms with Gasteiger partial charge in [0.2, 0.25) is 11.8 Å². The molecule has 1 aromatic rings. The first-order valence-electron chi connectivity index (χ1n) is 6.65. The molecule has 110 valence electrons. The molecule has 0 amide bonds. The molecule has 1 N–H and O–H groups in total. The second-order valence-electron chi connectivity index (χ2n) is 4.62. The number of hydrogen-bond acceptors (Lipinski definition) is 6. The summed E-state index contributed by atoms with van der Waals surface area (Å²) in [5.41, 5.74) is 0.819. The molecule has 20 heavy (non-hydrogen) atoms. The Labute approximate surface area is 117 Å². The summed E-state index contributed by atoms with van der Waals surface area (Å²) in [5.74, 6) is 0.237. The van der Waals surface area contributed by atoms with Crippen molar-refractivity contribution < 1.29 is 19.4 Å². The molecule has 1 unspecified atom stereocenters. The van der Waals surface area contributed by atoms with Gasteiger partial charge in [0.15, 0.2) is 0 Å². The van der Waals surface area contributed by atoms with Crippen LogP contribution in [0.4, 0.5) is 5.95 Å². The molecule has 7 nitrogen and oxygen atoms in total. The number of morpholine rings is 1. The molecule has 0 saturated carbocycles. The van der Waals surface area contributed by atoms with Crippen LogP contribution in [0.25, 0.3) is 0 Å². The van der Waals surface area contributed by atoms with Crippen molar-refractivity contribution >= 4 is 11.9 Å². The van der Waals surface area contributed by atoms with E-state index in [2.05, 4.69) is 9.97 Å². The first kappa shape index (κ1) is 14.5. The first-order chi connectivity index (χ1) is 9.58. The van der Waals surface area contributed by atoms with Gasteiger partial charge in [-0.05, 0) is 13.8 Å². The summed E-state index contributed by atoms with van der Waals surface area (Å²) in [6.07, 6.45) is -0.346. The molecule has 1 aliphatic rings. The van der Waals surface area contributed by atoms with E-state index in [1.54, 1.807) is 6.07 Å². The molecule has 0 radical (unpaired) electrons. The zero-order valence-electron chi connectivity index (χ0n) is 11.7. The average Bonchev–Trinajstić information content (AvgIpc) is 2.38. The first-order valence-corrected chi connectivity index (χ1v) is 6.65. The quantitative estimate of drug-likeness (QED) is 0.856. The van der Waals surface area contributed by atoms with Crippen molar-refractivity contribution in [3.05, 3.63) is 11.8 Å². The number of carboxylic acids is 1. The summed E-state index contributed by atoms with van der Waals surface area (Å²) < 4.78 is 10.8. The van der Waals surface area contributed by atoms with Crippen molar-refractivity contribution in [2.24, 2.45) is 0 Å². The molecule has 2 heterocycles. The third-order valence-electron chi connectivity index (χ3n) is 2.94. The number of carboxylic acid groups (broad SMARTS) is 1. The van der Waals surface area contributed by atoms with Gasteiger partial charge in [0, 0.05) is 24.8 Å². The maximum Gasteiger partial charge on any atom is 0.306 e. The fourth-order valence-electron chi connectivity index (χ4n) is 2.11. The predicted octanol–water partition coefficient (Wildman–Crippen LogP) is 0.864. The van der Waals surface area contributed by atoms with E-state index in [0.717, 1.165) is 5.69 Å². The van der Waals surface area contributed by atoms with Crippen LogP contribution in [-0.4, -0.2) is 53.5 Å². The highest BCUT2D eigenvalue weighted by molar-refractivity contribution is 5.67. The van der Waals surface area contributed by atoms with E-state index < -0.39 is 5.97 Å². The minimum absolute atomic E-state index is 0.0133. The molecule has 1 aliphatic heterocycles. The van der Waals surface area contributed by atoms with Crippen molar-refractivity contribution in [2.45, 2.75) is 26.4 Å². The number of ether oxygens (including phenoxy) is 2. The molecule has 0 bridgehead atoms. The molecule has 7 heteroatoms. The lowest BCUT2D eigenvalue weighted by molar-refractivity contribution is -0.140. The number of aromatic nitrogens is 2. The van der Waals surface area contributed by atoms with Gasteiger partial charge in [-0.15, -0.1) is 0 Å². The molecular formula is C13H19N3O4. The molecular weight excluding hydrogens is 262 g/mol. The minimum atomic E-state index is -0.864. The van der Waals surface area contributed by atoms with E-state index in [1.165, 1.54) is 0 Å². The van der Waals surface area contributed by atoms with E-state index in [9.17, 15) is 4.79 Å². The lowest BCUT2D eigenvalue weighted by Gasteiger charge is -2.32. The third kappa shape index (κ3) is 3.80. The van der Waals surface area contributed by atoms with Gasteiger partial charge in [-0.1, -0.05) is 0 Å². The summed E-state index contributed by atoms with van der Waals surface area (Å²) in [4.78, 5) is 21.4. The Kier molecular flexibility index (Phi) is 4.73. The van der Waals surface area contributed by atoms with Crippen molar-refractivity contribution in [1.29, 1.82) is 0 Å². The highest BCUT2D eigenvalue weighted by Crippen LogP contribution is 2.19. The van der Waals surface area contributed by atoms with Crippen molar-refractivity contribution in [3.63, 3.8) is 0 Å². The summed E-state index contributed by atoms with van der Waals surface area (Å²) in [6, 6.07) is 1.78. The standard InChI is InChI=1S/C13H19N3O4/c1-3-19-11-6-9(2)14-13(15-11)16-4-5-20-10(8-16)7-12(17)18/h6,10H,3-5,7-8H2,1-2H3,(H,17,18). The largest absolute Gasteiger partial charge is 0.481 e. The zero-order valence-corrected chi connectivity index (χ0v) is 11.7. The van der Waals surface area contributed by atoms with Crippen molar-refractivity contribution in [3.8, 4) is 5.88 Å². The Morgan fingerprint density at radius 1 is 1.60 bits per heavy atom. The van der Waals surface area contributed by atoms with Gasteiger partial charge < -0.3 is 19.5 Å². The second kappa shape index (κ2) is 6.51. The van der Waals surface area contributed by atoms with E-state index in [-0.39, 0.29) is 12.5 Å². The van der Waals surface area contributed by atoms with Gasteiger partial charge in [-0.3, -0.25) is 4.79 Å².